The lowest BCUT2D eigenvalue weighted by Crippen LogP contribution is -2.17. The standard InChI is InChI=1S/C24H28N4O5S/c1-15(2)13-28-22(16(3)33-20-10-8-19(32-4)9-11-20)26-27-24(28)34-14-21(29)25-18-7-5-6-17(12-18)23(30)31/h5-12,15-16H,13-14H2,1-4H3,(H,25,29)(H,30,31). The monoisotopic (exact) mass is 484 g/mol. The van der Waals surface area contributed by atoms with E-state index in [0.717, 1.165) is 5.75 Å². The van der Waals surface area contributed by atoms with Gasteiger partial charge in [-0.25, -0.2) is 4.79 Å². The molecule has 10 heteroatoms. The van der Waals surface area contributed by atoms with Gasteiger partial charge in [-0.3, -0.25) is 4.79 Å². The molecule has 2 aromatic carbocycles. The normalized spacial score (nSPS) is 11.8. The van der Waals surface area contributed by atoms with Crippen molar-refractivity contribution in [2.24, 2.45) is 5.92 Å². The lowest BCUT2D eigenvalue weighted by atomic mass is 10.2. The number of hydrogen-bond donors (Lipinski definition) is 2. The second-order valence-electron chi connectivity index (χ2n) is 8.00. The van der Waals surface area contributed by atoms with Gasteiger partial charge in [-0.2, -0.15) is 0 Å². The number of carboxylic acid groups (broad SMARTS) is 1. The van der Waals surface area contributed by atoms with Gasteiger partial charge in [0.15, 0.2) is 17.1 Å². The summed E-state index contributed by atoms with van der Waals surface area (Å²) in [6.07, 6.45) is -0.360. The first-order valence-electron chi connectivity index (χ1n) is 10.8. The van der Waals surface area contributed by atoms with Crippen molar-refractivity contribution in [2.75, 3.05) is 18.2 Å². The van der Waals surface area contributed by atoms with E-state index in [1.807, 2.05) is 35.8 Å². The Balaban J connectivity index is 1.68. The minimum absolute atomic E-state index is 0.0985. The van der Waals surface area contributed by atoms with Crippen molar-refractivity contribution in [1.29, 1.82) is 0 Å². The molecular formula is C24H28N4O5S. The summed E-state index contributed by atoms with van der Waals surface area (Å²) in [6.45, 7) is 6.76. The van der Waals surface area contributed by atoms with Crippen LogP contribution in [0.1, 0.15) is 43.1 Å². The summed E-state index contributed by atoms with van der Waals surface area (Å²) in [4.78, 5) is 23.6. The minimum atomic E-state index is -1.05. The molecule has 1 amide bonds. The quantitative estimate of drug-likeness (QED) is 0.382. The molecule has 0 saturated carbocycles. The van der Waals surface area contributed by atoms with Gasteiger partial charge >= 0.3 is 5.97 Å². The highest BCUT2D eigenvalue weighted by Crippen LogP contribution is 2.27. The number of benzene rings is 2. The van der Waals surface area contributed by atoms with E-state index in [-0.39, 0.29) is 23.3 Å². The van der Waals surface area contributed by atoms with Gasteiger partial charge in [0, 0.05) is 12.2 Å². The zero-order chi connectivity index (χ0) is 24.7. The molecule has 3 aromatic rings. The van der Waals surface area contributed by atoms with Crippen molar-refractivity contribution in [1.82, 2.24) is 14.8 Å². The number of nitrogens with zero attached hydrogens (tertiary/aromatic N) is 3. The summed E-state index contributed by atoms with van der Waals surface area (Å²) >= 11 is 1.27. The minimum Gasteiger partial charge on any atom is -0.497 e. The van der Waals surface area contributed by atoms with Crippen LogP contribution in [0.5, 0.6) is 11.5 Å². The number of anilines is 1. The van der Waals surface area contributed by atoms with Gasteiger partial charge in [0.2, 0.25) is 5.91 Å². The fourth-order valence-corrected chi connectivity index (χ4v) is 3.97. The molecule has 0 aliphatic carbocycles. The number of ether oxygens (including phenoxy) is 2. The highest BCUT2D eigenvalue weighted by molar-refractivity contribution is 7.99. The van der Waals surface area contributed by atoms with Gasteiger partial charge in [0.1, 0.15) is 11.5 Å². The molecule has 3 rings (SSSR count). The summed E-state index contributed by atoms with van der Waals surface area (Å²) in [5, 5.41) is 21.1. The van der Waals surface area contributed by atoms with Crippen LogP contribution >= 0.6 is 11.8 Å². The van der Waals surface area contributed by atoms with Crippen LogP contribution in [-0.4, -0.2) is 44.6 Å². The smallest absolute Gasteiger partial charge is 0.335 e. The third kappa shape index (κ3) is 6.74. The van der Waals surface area contributed by atoms with Crippen LogP contribution in [0.15, 0.2) is 53.7 Å². The summed E-state index contributed by atoms with van der Waals surface area (Å²) in [6, 6.07) is 13.4. The fraction of sp³-hybridized carbons (Fsp3) is 0.333. The van der Waals surface area contributed by atoms with Crippen molar-refractivity contribution in [3.8, 4) is 11.5 Å². The fourth-order valence-electron chi connectivity index (χ4n) is 3.21. The van der Waals surface area contributed by atoms with Crippen LogP contribution in [-0.2, 0) is 11.3 Å². The Morgan fingerprint density at radius 3 is 2.44 bits per heavy atom. The van der Waals surface area contributed by atoms with Crippen LogP contribution in [0.2, 0.25) is 0 Å². The zero-order valence-electron chi connectivity index (χ0n) is 19.5. The second-order valence-corrected chi connectivity index (χ2v) is 8.95. The van der Waals surface area contributed by atoms with Crippen molar-refractivity contribution >= 4 is 29.3 Å². The average Bonchev–Trinajstić information content (AvgIpc) is 3.20. The van der Waals surface area contributed by atoms with Crippen LogP contribution in [0.25, 0.3) is 0 Å². The largest absolute Gasteiger partial charge is 0.497 e. The summed E-state index contributed by atoms with van der Waals surface area (Å²) in [5.74, 6) is 1.21. The molecular weight excluding hydrogens is 456 g/mol. The van der Waals surface area contributed by atoms with Crippen LogP contribution in [0.4, 0.5) is 5.69 Å². The predicted molar refractivity (Wildman–Crippen MR) is 130 cm³/mol. The number of amides is 1. The first-order chi connectivity index (χ1) is 16.3. The molecule has 1 aromatic heterocycles. The molecule has 0 aliphatic heterocycles. The first-order valence-corrected chi connectivity index (χ1v) is 11.7. The molecule has 0 spiro atoms. The Kier molecular flexibility index (Phi) is 8.53. The molecule has 0 saturated heterocycles. The van der Waals surface area contributed by atoms with Gasteiger partial charge in [-0.1, -0.05) is 31.7 Å². The Morgan fingerprint density at radius 2 is 1.79 bits per heavy atom. The molecule has 0 aliphatic rings. The highest BCUT2D eigenvalue weighted by atomic mass is 32.2. The van der Waals surface area contributed by atoms with Crippen molar-refractivity contribution in [3.63, 3.8) is 0 Å². The molecule has 1 heterocycles. The number of rotatable bonds is 11. The molecule has 9 nitrogen and oxygen atoms in total. The van der Waals surface area contributed by atoms with Crippen LogP contribution < -0.4 is 14.8 Å². The van der Waals surface area contributed by atoms with E-state index >= 15 is 0 Å². The number of aromatic nitrogens is 3. The first kappa shape index (κ1) is 25.1. The van der Waals surface area contributed by atoms with E-state index < -0.39 is 5.97 Å². The number of aromatic carboxylic acids is 1. The number of thioether (sulfide) groups is 1. The maximum Gasteiger partial charge on any atom is 0.335 e. The van der Waals surface area contributed by atoms with Gasteiger partial charge in [-0.15, -0.1) is 10.2 Å². The van der Waals surface area contributed by atoms with Crippen molar-refractivity contribution < 1.29 is 24.2 Å². The van der Waals surface area contributed by atoms with E-state index in [1.165, 1.54) is 23.9 Å². The number of carbonyl (C=O) groups is 2. The van der Waals surface area contributed by atoms with Crippen LogP contribution in [0, 0.1) is 5.92 Å². The van der Waals surface area contributed by atoms with Gasteiger partial charge in [-0.05, 0) is 55.3 Å². The number of methoxy groups -OCH3 is 1. The number of nitrogens with one attached hydrogen (secondary N) is 1. The maximum atomic E-state index is 12.5. The van der Waals surface area contributed by atoms with Crippen molar-refractivity contribution in [3.05, 3.63) is 59.9 Å². The Hall–Kier alpha value is -3.53. The van der Waals surface area contributed by atoms with Crippen molar-refractivity contribution in [2.45, 2.75) is 38.6 Å². The predicted octanol–water partition coefficient (Wildman–Crippen LogP) is 4.51. The summed E-state index contributed by atoms with van der Waals surface area (Å²) in [5.41, 5.74) is 0.536. The van der Waals surface area contributed by atoms with Gasteiger partial charge in [0.05, 0.1) is 18.4 Å². The molecule has 0 fully saturated rings. The maximum absolute atomic E-state index is 12.5. The van der Waals surface area contributed by atoms with E-state index in [9.17, 15) is 9.59 Å². The van der Waals surface area contributed by atoms with E-state index in [4.69, 9.17) is 14.6 Å². The van der Waals surface area contributed by atoms with E-state index in [1.54, 1.807) is 19.2 Å². The van der Waals surface area contributed by atoms with Gasteiger partial charge in [0.25, 0.3) is 0 Å². The number of carboxylic acids is 1. The number of carbonyl (C=O) groups excluding carboxylic acids is 1. The SMILES string of the molecule is COc1ccc(OC(C)c2nnc(SCC(=O)Nc3cccc(C(=O)O)c3)n2CC(C)C)cc1. The van der Waals surface area contributed by atoms with Gasteiger partial charge < -0.3 is 24.5 Å². The second kappa shape index (κ2) is 11.6. The molecule has 34 heavy (non-hydrogen) atoms. The third-order valence-electron chi connectivity index (χ3n) is 4.75. The highest BCUT2D eigenvalue weighted by Gasteiger charge is 2.21. The average molecular weight is 485 g/mol. The molecule has 1 atom stereocenters. The summed E-state index contributed by atoms with van der Waals surface area (Å²) in [7, 11) is 1.61. The lowest BCUT2D eigenvalue weighted by Gasteiger charge is -2.18. The Bertz CT molecular complexity index is 1130. The Labute approximate surface area is 202 Å². The molecule has 2 N–H and O–H groups in total. The van der Waals surface area contributed by atoms with Crippen LogP contribution in [0.3, 0.4) is 0 Å². The zero-order valence-corrected chi connectivity index (χ0v) is 20.3. The van der Waals surface area contributed by atoms with E-state index in [0.29, 0.717) is 34.9 Å². The Morgan fingerprint density at radius 1 is 1.09 bits per heavy atom. The molecule has 0 bridgehead atoms. The summed E-state index contributed by atoms with van der Waals surface area (Å²) < 4.78 is 13.2. The number of hydrogen-bond acceptors (Lipinski definition) is 7. The lowest BCUT2D eigenvalue weighted by molar-refractivity contribution is -0.113. The molecule has 0 radical (unpaired) electrons. The topological polar surface area (TPSA) is 116 Å². The molecule has 1 unspecified atom stereocenters. The third-order valence-corrected chi connectivity index (χ3v) is 5.72. The van der Waals surface area contributed by atoms with E-state index in [2.05, 4.69) is 29.4 Å². The molecule has 180 valence electrons.